The fraction of sp³-hybridized carbons (Fsp3) is 0.375. The van der Waals surface area contributed by atoms with E-state index in [4.69, 9.17) is 9.47 Å². The maximum atomic E-state index is 12.1. The van der Waals surface area contributed by atoms with Crippen LogP contribution in [0.1, 0.15) is 31.2 Å². The topological polar surface area (TPSA) is 52.6 Å². The monoisotopic (exact) mass is 304 g/mol. The third-order valence-electron chi connectivity index (χ3n) is 3.79. The van der Waals surface area contributed by atoms with Crippen LogP contribution in [-0.2, 0) is 19.1 Å². The van der Waals surface area contributed by atoms with E-state index in [2.05, 4.69) is 0 Å². The summed E-state index contributed by atoms with van der Waals surface area (Å²) in [6.45, 7) is 0. The Morgan fingerprint density at radius 1 is 1.05 bits per heavy atom. The molecule has 0 bridgehead atoms. The van der Waals surface area contributed by atoms with E-state index < -0.39 is 17.7 Å². The van der Waals surface area contributed by atoms with Crippen molar-refractivity contribution >= 4 is 29.8 Å². The molecule has 110 valence electrons. The lowest BCUT2D eigenvalue weighted by Crippen LogP contribution is -2.44. The van der Waals surface area contributed by atoms with Crippen LogP contribution in [0, 0.1) is 0 Å². The van der Waals surface area contributed by atoms with E-state index in [1.165, 1.54) is 6.08 Å². The summed E-state index contributed by atoms with van der Waals surface area (Å²) in [5.41, 5.74) is 0.739. The van der Waals surface area contributed by atoms with Gasteiger partial charge in [0.15, 0.2) is 0 Å². The summed E-state index contributed by atoms with van der Waals surface area (Å²) in [4.78, 5) is 25.3. The van der Waals surface area contributed by atoms with Crippen LogP contribution in [0.4, 0.5) is 0 Å². The van der Waals surface area contributed by atoms with E-state index in [9.17, 15) is 9.59 Å². The molecule has 1 aliphatic heterocycles. The number of hydrogen-bond acceptors (Lipinski definition) is 5. The van der Waals surface area contributed by atoms with E-state index in [1.54, 1.807) is 11.8 Å². The maximum Gasteiger partial charge on any atom is 0.348 e. The number of thioether (sulfide) groups is 1. The summed E-state index contributed by atoms with van der Waals surface area (Å²) in [6.07, 6.45) is 6.53. The van der Waals surface area contributed by atoms with Crippen molar-refractivity contribution in [2.75, 3.05) is 6.26 Å². The standard InChI is InChI=1S/C16H16O4S/c1-21-12-6-4-11(5-7-12)10-13-14(17)19-16(20-15(13)18)8-2-3-9-16/h4-7,10H,2-3,8-9H2,1H3. The zero-order valence-electron chi connectivity index (χ0n) is 11.8. The predicted octanol–water partition coefficient (Wildman–Crippen LogP) is 3.16. The minimum Gasteiger partial charge on any atom is -0.419 e. The Balaban J connectivity index is 1.83. The molecule has 0 atom stereocenters. The van der Waals surface area contributed by atoms with Crippen molar-refractivity contribution in [1.82, 2.24) is 0 Å². The highest BCUT2D eigenvalue weighted by atomic mass is 32.2. The van der Waals surface area contributed by atoms with Crippen LogP contribution in [0.5, 0.6) is 0 Å². The van der Waals surface area contributed by atoms with Crippen molar-refractivity contribution in [3.63, 3.8) is 0 Å². The van der Waals surface area contributed by atoms with Gasteiger partial charge in [0.2, 0.25) is 0 Å². The van der Waals surface area contributed by atoms with Crippen LogP contribution in [-0.4, -0.2) is 24.0 Å². The van der Waals surface area contributed by atoms with Gasteiger partial charge in [-0.05, 0) is 42.9 Å². The van der Waals surface area contributed by atoms with Gasteiger partial charge in [-0.1, -0.05) is 12.1 Å². The van der Waals surface area contributed by atoms with Crippen LogP contribution in [0.3, 0.4) is 0 Å². The first kappa shape index (κ1) is 14.2. The highest BCUT2D eigenvalue weighted by Gasteiger charge is 2.47. The number of carbonyl (C=O) groups is 2. The minimum atomic E-state index is -1.01. The summed E-state index contributed by atoms with van der Waals surface area (Å²) < 4.78 is 10.8. The minimum absolute atomic E-state index is 0.0376. The Morgan fingerprint density at radius 3 is 2.14 bits per heavy atom. The molecule has 21 heavy (non-hydrogen) atoms. The van der Waals surface area contributed by atoms with Crippen LogP contribution in [0.25, 0.3) is 6.08 Å². The second-order valence-corrected chi connectivity index (χ2v) is 6.11. The molecule has 1 heterocycles. The van der Waals surface area contributed by atoms with Gasteiger partial charge in [0.1, 0.15) is 5.57 Å². The van der Waals surface area contributed by atoms with Gasteiger partial charge in [-0.3, -0.25) is 0 Å². The average molecular weight is 304 g/mol. The van der Waals surface area contributed by atoms with Crippen molar-refractivity contribution in [1.29, 1.82) is 0 Å². The van der Waals surface area contributed by atoms with E-state index >= 15 is 0 Å². The van der Waals surface area contributed by atoms with Crippen LogP contribution < -0.4 is 0 Å². The lowest BCUT2D eigenvalue weighted by molar-refractivity contribution is -0.232. The van der Waals surface area contributed by atoms with E-state index in [0.717, 1.165) is 23.3 Å². The predicted molar refractivity (Wildman–Crippen MR) is 79.6 cm³/mol. The third-order valence-corrected chi connectivity index (χ3v) is 4.53. The zero-order valence-corrected chi connectivity index (χ0v) is 12.6. The second-order valence-electron chi connectivity index (χ2n) is 5.23. The van der Waals surface area contributed by atoms with Gasteiger partial charge in [0.25, 0.3) is 5.79 Å². The molecule has 1 aromatic rings. The normalized spacial score (nSPS) is 20.3. The molecule has 2 fully saturated rings. The molecule has 4 nitrogen and oxygen atoms in total. The molecule has 0 N–H and O–H groups in total. The molecule has 1 aromatic carbocycles. The van der Waals surface area contributed by atoms with E-state index in [0.29, 0.717) is 12.8 Å². The van der Waals surface area contributed by atoms with Crippen molar-refractivity contribution in [2.45, 2.75) is 36.4 Å². The smallest absolute Gasteiger partial charge is 0.348 e. The molecular weight excluding hydrogens is 288 g/mol. The second kappa shape index (κ2) is 5.56. The molecule has 5 heteroatoms. The molecule has 0 amide bonds. The van der Waals surface area contributed by atoms with Gasteiger partial charge >= 0.3 is 11.9 Å². The Labute approximate surface area is 127 Å². The van der Waals surface area contributed by atoms with Gasteiger partial charge in [0.05, 0.1) is 0 Å². The van der Waals surface area contributed by atoms with E-state index in [1.807, 2.05) is 30.5 Å². The van der Waals surface area contributed by atoms with Crippen LogP contribution in [0.15, 0.2) is 34.7 Å². The van der Waals surface area contributed by atoms with Crippen molar-refractivity contribution in [2.24, 2.45) is 0 Å². The number of ether oxygens (including phenoxy) is 2. The fourth-order valence-corrected chi connectivity index (χ4v) is 3.06. The Bertz CT molecular complexity index is 575. The van der Waals surface area contributed by atoms with Gasteiger partial charge in [0, 0.05) is 17.7 Å². The molecule has 0 aromatic heterocycles. The van der Waals surface area contributed by atoms with Crippen molar-refractivity contribution < 1.29 is 19.1 Å². The van der Waals surface area contributed by atoms with Crippen molar-refractivity contribution in [3.05, 3.63) is 35.4 Å². The number of hydrogen-bond donors (Lipinski definition) is 0. The highest BCUT2D eigenvalue weighted by Crippen LogP contribution is 2.38. The quantitative estimate of drug-likeness (QED) is 0.363. The number of esters is 2. The lowest BCUT2D eigenvalue weighted by Gasteiger charge is -2.32. The summed E-state index contributed by atoms with van der Waals surface area (Å²) >= 11 is 1.63. The number of carbonyl (C=O) groups excluding carboxylic acids is 2. The van der Waals surface area contributed by atoms with Gasteiger partial charge in [-0.25, -0.2) is 9.59 Å². The number of benzene rings is 1. The molecular formula is C16H16O4S. The fourth-order valence-electron chi connectivity index (χ4n) is 2.65. The maximum absolute atomic E-state index is 12.1. The van der Waals surface area contributed by atoms with Gasteiger partial charge in [-0.2, -0.15) is 0 Å². The van der Waals surface area contributed by atoms with E-state index in [-0.39, 0.29) is 5.57 Å². The first-order valence-electron chi connectivity index (χ1n) is 6.94. The first-order valence-corrected chi connectivity index (χ1v) is 8.17. The summed E-state index contributed by atoms with van der Waals surface area (Å²) in [7, 11) is 0. The Hall–Kier alpha value is -1.75. The summed E-state index contributed by atoms with van der Waals surface area (Å²) in [5, 5.41) is 0. The average Bonchev–Trinajstić information content (AvgIpc) is 2.91. The van der Waals surface area contributed by atoms with Gasteiger partial charge in [-0.15, -0.1) is 11.8 Å². The molecule has 1 saturated heterocycles. The SMILES string of the molecule is CSc1ccc(C=C2C(=O)OC3(CCCC3)OC2=O)cc1. The van der Waals surface area contributed by atoms with Crippen LogP contribution >= 0.6 is 11.8 Å². The molecule has 3 rings (SSSR count). The van der Waals surface area contributed by atoms with Gasteiger partial charge < -0.3 is 9.47 Å². The molecule has 0 radical (unpaired) electrons. The summed E-state index contributed by atoms with van der Waals surface area (Å²) in [6, 6.07) is 7.60. The molecule has 1 aliphatic carbocycles. The highest BCUT2D eigenvalue weighted by molar-refractivity contribution is 7.98. The Morgan fingerprint density at radius 2 is 1.62 bits per heavy atom. The lowest BCUT2D eigenvalue weighted by atomic mass is 10.1. The zero-order chi connectivity index (χ0) is 14.9. The third kappa shape index (κ3) is 2.83. The summed E-state index contributed by atoms with van der Waals surface area (Å²) in [5.74, 6) is -2.17. The molecule has 1 spiro atoms. The van der Waals surface area contributed by atoms with Crippen LogP contribution in [0.2, 0.25) is 0 Å². The number of rotatable bonds is 2. The molecule has 0 unspecified atom stereocenters. The first-order chi connectivity index (χ1) is 10.1. The van der Waals surface area contributed by atoms with Crippen molar-refractivity contribution in [3.8, 4) is 0 Å². The molecule has 2 aliphatic rings. The molecule has 1 saturated carbocycles. The Kier molecular flexibility index (Phi) is 3.76. The largest absolute Gasteiger partial charge is 0.419 e.